The van der Waals surface area contributed by atoms with Crippen molar-refractivity contribution in [1.82, 2.24) is 9.80 Å². The Kier molecular flexibility index (Phi) is 3.70. The molecule has 104 valence electrons. The molecule has 0 N–H and O–H groups in total. The summed E-state index contributed by atoms with van der Waals surface area (Å²) in [6.07, 6.45) is 0. The summed E-state index contributed by atoms with van der Waals surface area (Å²) >= 11 is 0. The van der Waals surface area contributed by atoms with Gasteiger partial charge in [-0.1, -0.05) is 36.4 Å². The second-order valence-corrected chi connectivity index (χ2v) is 5.46. The van der Waals surface area contributed by atoms with Crippen molar-refractivity contribution in [2.75, 3.05) is 26.2 Å². The van der Waals surface area contributed by atoms with Crippen molar-refractivity contribution in [2.45, 2.75) is 13.5 Å². The maximum absolute atomic E-state index is 11.3. The van der Waals surface area contributed by atoms with Crippen LogP contribution in [-0.2, 0) is 11.3 Å². The molecule has 20 heavy (non-hydrogen) atoms. The number of fused-ring (bicyclic) bond motifs is 1. The molecule has 1 saturated heterocycles. The number of piperazine rings is 1. The van der Waals surface area contributed by atoms with Gasteiger partial charge in [0.05, 0.1) is 0 Å². The number of amides is 1. The van der Waals surface area contributed by atoms with Gasteiger partial charge in [0.2, 0.25) is 5.91 Å². The molecule has 0 saturated carbocycles. The topological polar surface area (TPSA) is 23.6 Å². The molecule has 1 amide bonds. The number of hydrogen-bond acceptors (Lipinski definition) is 2. The second-order valence-electron chi connectivity index (χ2n) is 5.46. The molecule has 2 aromatic rings. The number of carbonyl (C=O) groups excluding carboxylic acids is 1. The molecule has 0 aromatic heterocycles. The van der Waals surface area contributed by atoms with Crippen molar-refractivity contribution in [1.29, 1.82) is 0 Å². The van der Waals surface area contributed by atoms with Gasteiger partial charge in [0, 0.05) is 39.6 Å². The van der Waals surface area contributed by atoms with Crippen LogP contribution in [0.2, 0.25) is 0 Å². The van der Waals surface area contributed by atoms with E-state index in [0.29, 0.717) is 0 Å². The Morgan fingerprint density at radius 1 is 1.00 bits per heavy atom. The highest BCUT2D eigenvalue weighted by Crippen LogP contribution is 2.17. The van der Waals surface area contributed by atoms with Crippen LogP contribution < -0.4 is 0 Å². The van der Waals surface area contributed by atoms with Crippen LogP contribution in [0, 0.1) is 0 Å². The highest BCUT2D eigenvalue weighted by atomic mass is 16.2. The Balaban J connectivity index is 1.66. The third-order valence-electron chi connectivity index (χ3n) is 4.04. The first kappa shape index (κ1) is 13.1. The lowest BCUT2D eigenvalue weighted by Crippen LogP contribution is -2.47. The average Bonchev–Trinajstić information content (AvgIpc) is 2.48. The summed E-state index contributed by atoms with van der Waals surface area (Å²) in [5.74, 6) is 0.190. The van der Waals surface area contributed by atoms with Gasteiger partial charge in [0.1, 0.15) is 0 Å². The number of nitrogens with zero attached hydrogens (tertiary/aromatic N) is 2. The molecule has 0 unspecified atom stereocenters. The van der Waals surface area contributed by atoms with E-state index in [1.54, 1.807) is 6.92 Å². The summed E-state index contributed by atoms with van der Waals surface area (Å²) in [6.45, 7) is 6.25. The summed E-state index contributed by atoms with van der Waals surface area (Å²) < 4.78 is 0. The Hall–Kier alpha value is -1.87. The molecule has 0 aliphatic carbocycles. The fourth-order valence-corrected chi connectivity index (χ4v) is 2.82. The zero-order valence-electron chi connectivity index (χ0n) is 11.9. The molecule has 2 aromatic carbocycles. The lowest BCUT2D eigenvalue weighted by atomic mass is 10.1. The van der Waals surface area contributed by atoms with E-state index in [4.69, 9.17) is 0 Å². The van der Waals surface area contributed by atoms with Crippen LogP contribution in [0.5, 0.6) is 0 Å². The highest BCUT2D eigenvalue weighted by Gasteiger charge is 2.18. The predicted octanol–water partition coefficient (Wildman–Crippen LogP) is 2.50. The molecule has 3 heteroatoms. The average molecular weight is 268 g/mol. The molecule has 1 heterocycles. The van der Waals surface area contributed by atoms with Gasteiger partial charge in [-0.2, -0.15) is 0 Å². The van der Waals surface area contributed by atoms with Crippen molar-refractivity contribution in [3.05, 3.63) is 48.0 Å². The summed E-state index contributed by atoms with van der Waals surface area (Å²) in [5.41, 5.74) is 1.35. The Labute approximate surface area is 119 Å². The number of carbonyl (C=O) groups is 1. The van der Waals surface area contributed by atoms with Crippen LogP contribution in [-0.4, -0.2) is 41.9 Å². The van der Waals surface area contributed by atoms with Crippen LogP contribution in [0.15, 0.2) is 42.5 Å². The molecular weight excluding hydrogens is 248 g/mol. The summed E-state index contributed by atoms with van der Waals surface area (Å²) in [5, 5.41) is 2.59. The molecule has 1 aliphatic rings. The van der Waals surface area contributed by atoms with Crippen LogP contribution >= 0.6 is 0 Å². The maximum Gasteiger partial charge on any atom is 0.219 e. The van der Waals surface area contributed by atoms with Crippen molar-refractivity contribution < 1.29 is 4.79 Å². The third-order valence-corrected chi connectivity index (χ3v) is 4.04. The molecule has 1 aliphatic heterocycles. The normalized spacial score (nSPS) is 16.6. The van der Waals surface area contributed by atoms with Gasteiger partial charge in [-0.05, 0) is 22.4 Å². The minimum Gasteiger partial charge on any atom is -0.340 e. The SMILES string of the molecule is CC(=O)N1CCN(Cc2ccc3ccccc3c2)CC1. The van der Waals surface area contributed by atoms with Gasteiger partial charge in [-0.15, -0.1) is 0 Å². The minimum absolute atomic E-state index is 0.190. The molecular formula is C17H20N2O. The standard InChI is InChI=1S/C17H20N2O/c1-14(20)19-10-8-18(9-11-19)13-15-6-7-16-4-2-3-5-17(16)12-15/h2-7,12H,8-11,13H2,1H3. The number of hydrogen-bond donors (Lipinski definition) is 0. The van der Waals surface area contributed by atoms with E-state index in [1.807, 2.05) is 4.90 Å². The largest absolute Gasteiger partial charge is 0.340 e. The van der Waals surface area contributed by atoms with E-state index < -0.39 is 0 Å². The lowest BCUT2D eigenvalue weighted by molar-refractivity contribution is -0.130. The summed E-state index contributed by atoms with van der Waals surface area (Å²) in [7, 11) is 0. The Morgan fingerprint density at radius 3 is 2.40 bits per heavy atom. The first-order chi connectivity index (χ1) is 9.72. The fourth-order valence-electron chi connectivity index (χ4n) is 2.82. The third kappa shape index (κ3) is 2.83. The zero-order chi connectivity index (χ0) is 13.9. The van der Waals surface area contributed by atoms with Gasteiger partial charge >= 0.3 is 0 Å². The first-order valence-corrected chi connectivity index (χ1v) is 7.18. The maximum atomic E-state index is 11.3. The van der Waals surface area contributed by atoms with Crippen molar-refractivity contribution in [3.63, 3.8) is 0 Å². The number of rotatable bonds is 2. The van der Waals surface area contributed by atoms with E-state index in [-0.39, 0.29) is 5.91 Å². The smallest absolute Gasteiger partial charge is 0.219 e. The molecule has 0 atom stereocenters. The van der Waals surface area contributed by atoms with Gasteiger partial charge in [0.15, 0.2) is 0 Å². The van der Waals surface area contributed by atoms with Crippen molar-refractivity contribution in [2.24, 2.45) is 0 Å². The molecule has 1 fully saturated rings. The quantitative estimate of drug-likeness (QED) is 0.835. The molecule has 0 radical (unpaired) electrons. The van der Waals surface area contributed by atoms with E-state index >= 15 is 0 Å². The Morgan fingerprint density at radius 2 is 1.70 bits per heavy atom. The van der Waals surface area contributed by atoms with Crippen molar-refractivity contribution in [3.8, 4) is 0 Å². The molecule has 0 bridgehead atoms. The lowest BCUT2D eigenvalue weighted by Gasteiger charge is -2.34. The van der Waals surface area contributed by atoms with Crippen molar-refractivity contribution >= 4 is 16.7 Å². The van der Waals surface area contributed by atoms with E-state index in [0.717, 1.165) is 32.7 Å². The highest BCUT2D eigenvalue weighted by molar-refractivity contribution is 5.82. The summed E-state index contributed by atoms with van der Waals surface area (Å²) in [6, 6.07) is 15.1. The van der Waals surface area contributed by atoms with Gasteiger partial charge < -0.3 is 4.90 Å². The monoisotopic (exact) mass is 268 g/mol. The van der Waals surface area contributed by atoms with Gasteiger partial charge in [0.25, 0.3) is 0 Å². The summed E-state index contributed by atoms with van der Waals surface area (Å²) in [4.78, 5) is 15.7. The molecule has 0 spiro atoms. The van der Waals surface area contributed by atoms with E-state index in [9.17, 15) is 4.79 Å². The predicted molar refractivity (Wildman–Crippen MR) is 81.5 cm³/mol. The Bertz CT molecular complexity index is 615. The minimum atomic E-state index is 0.190. The van der Waals surface area contributed by atoms with E-state index in [1.165, 1.54) is 16.3 Å². The number of benzene rings is 2. The van der Waals surface area contributed by atoms with Crippen LogP contribution in [0.4, 0.5) is 0 Å². The van der Waals surface area contributed by atoms with Crippen LogP contribution in [0.3, 0.4) is 0 Å². The molecule has 3 rings (SSSR count). The first-order valence-electron chi connectivity index (χ1n) is 7.18. The fraction of sp³-hybridized carbons (Fsp3) is 0.353. The zero-order valence-corrected chi connectivity index (χ0v) is 11.9. The van der Waals surface area contributed by atoms with Gasteiger partial charge in [-0.3, -0.25) is 9.69 Å². The van der Waals surface area contributed by atoms with Crippen LogP contribution in [0.1, 0.15) is 12.5 Å². The second kappa shape index (κ2) is 5.63. The molecule has 3 nitrogen and oxygen atoms in total. The van der Waals surface area contributed by atoms with E-state index in [2.05, 4.69) is 47.4 Å². The van der Waals surface area contributed by atoms with Crippen LogP contribution in [0.25, 0.3) is 10.8 Å². The van der Waals surface area contributed by atoms with Gasteiger partial charge in [-0.25, -0.2) is 0 Å².